The van der Waals surface area contributed by atoms with Crippen molar-refractivity contribution in [1.82, 2.24) is 9.80 Å². The summed E-state index contributed by atoms with van der Waals surface area (Å²) in [6.07, 6.45) is 17.4. The zero-order valence-electron chi connectivity index (χ0n) is 14.8. The van der Waals surface area contributed by atoms with Gasteiger partial charge in [0.15, 0.2) is 0 Å². The van der Waals surface area contributed by atoms with Crippen molar-refractivity contribution in [2.24, 2.45) is 0 Å². The Kier molecular flexibility index (Phi) is 12.2. The van der Waals surface area contributed by atoms with Gasteiger partial charge in [0, 0.05) is 26.0 Å². The molecule has 23 heavy (non-hydrogen) atoms. The predicted molar refractivity (Wildman–Crippen MR) is 94.5 cm³/mol. The molecule has 0 aliphatic carbocycles. The summed E-state index contributed by atoms with van der Waals surface area (Å²) in [6.45, 7) is 5.79. The van der Waals surface area contributed by atoms with Crippen LogP contribution in [0.1, 0.15) is 71.6 Å². The highest BCUT2D eigenvalue weighted by Crippen LogP contribution is 2.20. The Bertz CT molecular complexity index is 404. The molecule has 0 spiro atoms. The summed E-state index contributed by atoms with van der Waals surface area (Å²) in [5.41, 5.74) is 0. The molecule has 0 saturated heterocycles. The fourth-order valence-electron chi connectivity index (χ4n) is 2.69. The van der Waals surface area contributed by atoms with Gasteiger partial charge in [-0.3, -0.25) is 9.11 Å². The molecular weight excluding hydrogens is 316 g/mol. The second-order valence-corrected chi connectivity index (χ2v) is 6.94. The highest BCUT2D eigenvalue weighted by atomic mass is 32.3. The molecule has 0 aromatic heterocycles. The van der Waals surface area contributed by atoms with Crippen LogP contribution in [0.15, 0.2) is 12.4 Å². The molecule has 2 N–H and O–H groups in total. The van der Waals surface area contributed by atoms with E-state index in [2.05, 4.69) is 43.1 Å². The molecule has 0 aromatic rings. The molecule has 1 aliphatic heterocycles. The summed E-state index contributed by atoms with van der Waals surface area (Å²) in [7, 11) is -2.45. The van der Waals surface area contributed by atoms with Crippen molar-refractivity contribution in [3.05, 3.63) is 12.4 Å². The molecule has 0 saturated carbocycles. The van der Waals surface area contributed by atoms with Crippen LogP contribution in [0.2, 0.25) is 0 Å². The van der Waals surface area contributed by atoms with E-state index in [1.165, 1.54) is 64.3 Å². The third-order valence-corrected chi connectivity index (χ3v) is 3.93. The van der Waals surface area contributed by atoms with E-state index < -0.39 is 10.4 Å². The molecule has 0 bridgehead atoms. The molecule has 1 atom stereocenters. The van der Waals surface area contributed by atoms with Gasteiger partial charge in [-0.1, -0.05) is 52.4 Å². The first-order chi connectivity index (χ1) is 10.8. The molecule has 7 heteroatoms. The van der Waals surface area contributed by atoms with E-state index in [1.54, 1.807) is 0 Å². The maximum Gasteiger partial charge on any atom is 0.394 e. The van der Waals surface area contributed by atoms with Crippen molar-refractivity contribution in [2.75, 3.05) is 13.6 Å². The summed E-state index contributed by atoms with van der Waals surface area (Å²) < 4.78 is 31.6. The Labute approximate surface area is 142 Å². The third kappa shape index (κ3) is 13.4. The zero-order valence-corrected chi connectivity index (χ0v) is 15.6. The second kappa shape index (κ2) is 12.6. The van der Waals surface area contributed by atoms with Crippen LogP contribution in [0.3, 0.4) is 0 Å². The average molecular weight is 351 g/mol. The smallest absolute Gasteiger partial charge is 0.359 e. The molecule has 1 unspecified atom stereocenters. The first-order valence-corrected chi connectivity index (χ1v) is 10.0. The average Bonchev–Trinajstić information content (AvgIpc) is 2.79. The lowest BCUT2D eigenvalue weighted by Crippen LogP contribution is -2.36. The van der Waals surface area contributed by atoms with Crippen LogP contribution in [0, 0.1) is 0 Å². The summed E-state index contributed by atoms with van der Waals surface area (Å²) in [5, 5.41) is 0. The molecule has 0 aromatic carbocycles. The molecule has 138 valence electrons. The molecule has 0 fully saturated rings. The quantitative estimate of drug-likeness (QED) is 0.459. The van der Waals surface area contributed by atoms with Crippen LogP contribution < -0.4 is 0 Å². The Morgan fingerprint density at radius 2 is 1.43 bits per heavy atom. The van der Waals surface area contributed by atoms with Gasteiger partial charge in [0.25, 0.3) is 0 Å². The number of hydrogen-bond donors (Lipinski definition) is 2. The van der Waals surface area contributed by atoms with E-state index in [-0.39, 0.29) is 0 Å². The standard InChI is InChI=1S/C16H32N2.H2O4S/c1-4-6-8-10-12-16-17(3)14-15-18(16)13-11-9-7-5-2;1-5(2,3)4/h14-16H,4-13H2,1-3H3;(H2,1,2,3,4). The van der Waals surface area contributed by atoms with Crippen molar-refractivity contribution in [3.63, 3.8) is 0 Å². The van der Waals surface area contributed by atoms with E-state index in [4.69, 9.17) is 17.5 Å². The van der Waals surface area contributed by atoms with Crippen LogP contribution in [0.5, 0.6) is 0 Å². The van der Waals surface area contributed by atoms with Crippen molar-refractivity contribution in [3.8, 4) is 0 Å². The van der Waals surface area contributed by atoms with Gasteiger partial charge in [-0.2, -0.15) is 8.42 Å². The van der Waals surface area contributed by atoms with Crippen LogP contribution in [0.4, 0.5) is 0 Å². The maximum absolute atomic E-state index is 8.74. The molecule has 6 nitrogen and oxygen atoms in total. The summed E-state index contributed by atoms with van der Waals surface area (Å²) >= 11 is 0. The number of rotatable bonds is 10. The lowest BCUT2D eigenvalue weighted by Gasteiger charge is -2.30. The topological polar surface area (TPSA) is 81.1 Å². The van der Waals surface area contributed by atoms with Crippen LogP contribution >= 0.6 is 0 Å². The Morgan fingerprint density at radius 1 is 0.913 bits per heavy atom. The molecule has 1 aliphatic rings. The highest BCUT2D eigenvalue weighted by molar-refractivity contribution is 7.79. The van der Waals surface area contributed by atoms with E-state index in [9.17, 15) is 0 Å². The van der Waals surface area contributed by atoms with Crippen molar-refractivity contribution in [1.29, 1.82) is 0 Å². The predicted octanol–water partition coefficient (Wildman–Crippen LogP) is 3.93. The van der Waals surface area contributed by atoms with Gasteiger partial charge >= 0.3 is 10.4 Å². The monoisotopic (exact) mass is 350 g/mol. The van der Waals surface area contributed by atoms with Crippen molar-refractivity contribution >= 4 is 10.4 Å². The lowest BCUT2D eigenvalue weighted by atomic mass is 10.1. The molecule has 1 heterocycles. The largest absolute Gasteiger partial charge is 0.394 e. The Balaban J connectivity index is 0.000000841. The Morgan fingerprint density at radius 3 is 1.96 bits per heavy atom. The van der Waals surface area contributed by atoms with Crippen LogP contribution in [0.25, 0.3) is 0 Å². The van der Waals surface area contributed by atoms with Crippen molar-refractivity contribution < 1.29 is 17.5 Å². The highest BCUT2D eigenvalue weighted by Gasteiger charge is 2.22. The lowest BCUT2D eigenvalue weighted by molar-refractivity contribution is 0.159. The third-order valence-electron chi connectivity index (χ3n) is 3.93. The Hall–Kier alpha value is -0.790. The molecular formula is C16H34N2O4S. The van der Waals surface area contributed by atoms with Gasteiger partial charge in [-0.25, -0.2) is 0 Å². The minimum absolute atomic E-state index is 0.628. The fraction of sp³-hybridized carbons (Fsp3) is 0.875. The second-order valence-electron chi connectivity index (χ2n) is 6.04. The SMILES string of the molecule is CCCCCCC1N(C)C=CN1CCCCCC.O=S(=O)(O)O. The zero-order chi connectivity index (χ0) is 17.7. The van der Waals surface area contributed by atoms with E-state index in [0.717, 1.165) is 0 Å². The molecule has 0 radical (unpaired) electrons. The fourth-order valence-corrected chi connectivity index (χ4v) is 2.69. The van der Waals surface area contributed by atoms with Crippen LogP contribution in [-0.4, -0.2) is 47.1 Å². The first kappa shape index (κ1) is 22.2. The van der Waals surface area contributed by atoms with Gasteiger partial charge < -0.3 is 9.80 Å². The molecule has 1 rings (SSSR count). The van der Waals surface area contributed by atoms with Gasteiger partial charge in [-0.05, 0) is 19.3 Å². The minimum Gasteiger partial charge on any atom is -0.359 e. The summed E-state index contributed by atoms with van der Waals surface area (Å²) in [5.74, 6) is 0. The van der Waals surface area contributed by atoms with Crippen LogP contribution in [-0.2, 0) is 10.4 Å². The van der Waals surface area contributed by atoms with Crippen molar-refractivity contribution in [2.45, 2.75) is 77.8 Å². The van der Waals surface area contributed by atoms with E-state index in [0.29, 0.717) is 6.17 Å². The van der Waals surface area contributed by atoms with E-state index >= 15 is 0 Å². The number of nitrogens with zero attached hydrogens (tertiary/aromatic N) is 2. The first-order valence-electron chi connectivity index (χ1n) is 8.65. The molecule has 0 amide bonds. The van der Waals surface area contributed by atoms with Gasteiger partial charge in [0.05, 0.1) is 0 Å². The minimum atomic E-state index is -4.67. The summed E-state index contributed by atoms with van der Waals surface area (Å²) in [4.78, 5) is 4.92. The number of hydrogen-bond acceptors (Lipinski definition) is 4. The normalized spacial score (nSPS) is 17.3. The van der Waals surface area contributed by atoms with Gasteiger partial charge in [0.2, 0.25) is 0 Å². The summed E-state index contributed by atoms with van der Waals surface area (Å²) in [6, 6.07) is 0. The van der Waals surface area contributed by atoms with Gasteiger partial charge in [-0.15, -0.1) is 0 Å². The maximum atomic E-state index is 8.74. The van der Waals surface area contributed by atoms with Gasteiger partial charge in [0.1, 0.15) is 6.17 Å². The number of unbranched alkanes of at least 4 members (excludes halogenated alkanes) is 6. The van der Waals surface area contributed by atoms with E-state index in [1.807, 2.05) is 0 Å².